The Morgan fingerprint density at radius 2 is 1.74 bits per heavy atom. The quantitative estimate of drug-likeness (QED) is 0.707. The molecule has 0 atom stereocenters. The molecule has 8 nitrogen and oxygen atoms in total. The van der Waals surface area contributed by atoms with Gasteiger partial charge in [-0.3, -0.25) is 5.43 Å². The molecule has 0 saturated carbocycles. The number of nitrogens with zero attached hydrogens (tertiary/aromatic N) is 3. The average molecular weight is 445 g/mol. The van der Waals surface area contributed by atoms with Crippen molar-refractivity contribution in [3.63, 3.8) is 0 Å². The molecule has 2 aromatic rings. The molecule has 2 aliphatic rings. The lowest BCUT2D eigenvalue weighted by Crippen LogP contribution is -2.35. The number of nitrogens with one attached hydrogen (secondary N) is 1. The highest BCUT2D eigenvalue weighted by Crippen LogP contribution is 2.28. The van der Waals surface area contributed by atoms with E-state index < -0.39 is 10.0 Å². The minimum absolute atomic E-state index is 0.332. The number of amidine groups is 1. The number of hydrogen-bond donors (Lipinski definition) is 1. The van der Waals surface area contributed by atoms with E-state index in [2.05, 4.69) is 10.5 Å². The van der Waals surface area contributed by atoms with Crippen LogP contribution in [0.2, 0.25) is 0 Å². The summed E-state index contributed by atoms with van der Waals surface area (Å²) in [6.07, 6.45) is 3.48. The summed E-state index contributed by atoms with van der Waals surface area (Å²) in [4.78, 5) is 2.36. The lowest BCUT2D eigenvalue weighted by Gasteiger charge is -2.26. The SMILES string of the molecule is COc1ccc(OC)c(CC2=NNCN2c2ccc(S(=O)(=O)N3CCCCC3)cc2)c1. The number of rotatable bonds is 7. The van der Waals surface area contributed by atoms with Gasteiger partial charge in [0.05, 0.1) is 19.1 Å². The molecular weight excluding hydrogens is 416 g/mol. The average Bonchev–Trinajstić information content (AvgIpc) is 3.27. The van der Waals surface area contributed by atoms with Crippen LogP contribution in [-0.2, 0) is 16.4 Å². The molecule has 0 radical (unpaired) electrons. The normalized spacial score (nSPS) is 17.2. The van der Waals surface area contributed by atoms with E-state index in [0.717, 1.165) is 47.8 Å². The first-order chi connectivity index (χ1) is 15.0. The summed E-state index contributed by atoms with van der Waals surface area (Å²) in [5.74, 6) is 2.33. The summed E-state index contributed by atoms with van der Waals surface area (Å²) in [5, 5.41) is 4.43. The molecule has 2 heterocycles. The highest BCUT2D eigenvalue weighted by atomic mass is 32.2. The third kappa shape index (κ3) is 4.47. The van der Waals surface area contributed by atoms with Gasteiger partial charge >= 0.3 is 0 Å². The van der Waals surface area contributed by atoms with Crippen molar-refractivity contribution in [2.45, 2.75) is 30.6 Å². The monoisotopic (exact) mass is 444 g/mol. The van der Waals surface area contributed by atoms with Crippen LogP contribution < -0.4 is 19.8 Å². The van der Waals surface area contributed by atoms with Gasteiger partial charge in [-0.1, -0.05) is 6.42 Å². The number of piperidine rings is 1. The maximum Gasteiger partial charge on any atom is 0.243 e. The molecule has 1 fully saturated rings. The van der Waals surface area contributed by atoms with E-state index in [9.17, 15) is 8.42 Å². The Kier molecular flexibility index (Phi) is 6.33. The fourth-order valence-electron chi connectivity index (χ4n) is 3.97. The number of benzene rings is 2. The molecule has 0 unspecified atom stereocenters. The standard InChI is InChI=1S/C22H28N4O4S/c1-29-19-8-11-21(30-2)17(14-19)15-22-24-23-16-26(22)18-6-9-20(10-7-18)31(27,28)25-12-4-3-5-13-25/h6-11,14,23H,3-5,12-13,15-16H2,1-2H3. The minimum Gasteiger partial charge on any atom is -0.497 e. The molecule has 31 heavy (non-hydrogen) atoms. The van der Waals surface area contributed by atoms with Crippen LogP contribution in [0, 0.1) is 0 Å². The molecule has 9 heteroatoms. The molecule has 4 rings (SSSR count). The van der Waals surface area contributed by atoms with Crippen molar-refractivity contribution in [3.05, 3.63) is 48.0 Å². The van der Waals surface area contributed by atoms with Crippen LogP contribution in [0.25, 0.3) is 0 Å². The van der Waals surface area contributed by atoms with Crippen molar-refractivity contribution >= 4 is 21.5 Å². The van der Waals surface area contributed by atoms with Crippen LogP contribution in [0.5, 0.6) is 11.5 Å². The summed E-state index contributed by atoms with van der Waals surface area (Å²) < 4.78 is 38.2. The highest BCUT2D eigenvalue weighted by molar-refractivity contribution is 7.89. The summed E-state index contributed by atoms with van der Waals surface area (Å²) in [5.41, 5.74) is 4.85. The first-order valence-electron chi connectivity index (χ1n) is 10.4. The highest BCUT2D eigenvalue weighted by Gasteiger charge is 2.27. The topological polar surface area (TPSA) is 83.5 Å². The molecule has 2 aromatic carbocycles. The van der Waals surface area contributed by atoms with E-state index in [0.29, 0.717) is 31.1 Å². The number of methoxy groups -OCH3 is 2. The van der Waals surface area contributed by atoms with Crippen LogP contribution in [0.15, 0.2) is 52.5 Å². The first-order valence-corrected chi connectivity index (χ1v) is 11.8. The summed E-state index contributed by atoms with van der Waals surface area (Å²) in [6, 6.07) is 12.7. The number of sulfonamides is 1. The maximum atomic E-state index is 12.9. The van der Waals surface area contributed by atoms with Crippen molar-refractivity contribution in [3.8, 4) is 11.5 Å². The number of anilines is 1. The second kappa shape index (κ2) is 9.15. The lowest BCUT2D eigenvalue weighted by atomic mass is 10.1. The van der Waals surface area contributed by atoms with Gasteiger partial charge in [-0.25, -0.2) is 8.42 Å². The molecule has 0 aliphatic carbocycles. The van der Waals surface area contributed by atoms with Gasteiger partial charge in [-0.05, 0) is 55.3 Å². The van der Waals surface area contributed by atoms with Gasteiger partial charge in [-0.2, -0.15) is 9.41 Å². The molecular formula is C22H28N4O4S. The van der Waals surface area contributed by atoms with E-state index in [1.165, 1.54) is 0 Å². The molecule has 1 saturated heterocycles. The zero-order valence-corrected chi connectivity index (χ0v) is 18.7. The first kappa shape index (κ1) is 21.5. The number of ether oxygens (including phenoxy) is 2. The van der Waals surface area contributed by atoms with Crippen LogP contribution in [0.4, 0.5) is 5.69 Å². The summed E-state index contributed by atoms with van der Waals surface area (Å²) in [6.45, 7) is 1.71. The van der Waals surface area contributed by atoms with E-state index in [4.69, 9.17) is 9.47 Å². The van der Waals surface area contributed by atoms with Gasteiger partial charge in [0.15, 0.2) is 0 Å². The van der Waals surface area contributed by atoms with E-state index in [1.54, 1.807) is 30.7 Å². The minimum atomic E-state index is -3.44. The third-order valence-corrected chi connectivity index (χ3v) is 7.60. The predicted molar refractivity (Wildman–Crippen MR) is 120 cm³/mol. The van der Waals surface area contributed by atoms with E-state index >= 15 is 0 Å². The van der Waals surface area contributed by atoms with Gasteiger partial charge in [0.1, 0.15) is 24.0 Å². The molecule has 1 N–H and O–H groups in total. The Balaban J connectivity index is 1.53. The lowest BCUT2D eigenvalue weighted by molar-refractivity contribution is 0.346. The van der Waals surface area contributed by atoms with Crippen LogP contribution in [0.3, 0.4) is 0 Å². The zero-order valence-electron chi connectivity index (χ0n) is 17.9. The molecule has 166 valence electrons. The molecule has 0 bridgehead atoms. The zero-order chi connectivity index (χ0) is 21.8. The molecule has 0 aromatic heterocycles. The Morgan fingerprint density at radius 3 is 2.42 bits per heavy atom. The molecule has 2 aliphatic heterocycles. The van der Waals surface area contributed by atoms with E-state index in [1.807, 2.05) is 35.2 Å². The summed E-state index contributed by atoms with van der Waals surface area (Å²) in [7, 11) is -0.173. The second-order valence-electron chi connectivity index (χ2n) is 7.59. The van der Waals surface area contributed by atoms with Crippen LogP contribution in [-0.4, -0.2) is 52.5 Å². The van der Waals surface area contributed by atoms with Crippen LogP contribution >= 0.6 is 0 Å². The summed E-state index contributed by atoms with van der Waals surface area (Å²) >= 11 is 0. The Labute approximate surface area is 183 Å². The molecule has 0 spiro atoms. The Bertz CT molecular complexity index is 1050. The smallest absolute Gasteiger partial charge is 0.243 e. The number of hydrazone groups is 1. The third-order valence-electron chi connectivity index (χ3n) is 5.69. The van der Waals surface area contributed by atoms with Gasteiger partial charge in [0, 0.05) is 30.8 Å². The fourth-order valence-corrected chi connectivity index (χ4v) is 5.48. The number of hydrogen-bond acceptors (Lipinski definition) is 7. The van der Waals surface area contributed by atoms with Crippen molar-refractivity contribution in [1.29, 1.82) is 0 Å². The Hall–Kier alpha value is -2.78. The van der Waals surface area contributed by atoms with E-state index in [-0.39, 0.29) is 0 Å². The second-order valence-corrected chi connectivity index (χ2v) is 9.52. The van der Waals surface area contributed by atoms with Crippen molar-refractivity contribution in [2.75, 3.05) is 38.9 Å². The van der Waals surface area contributed by atoms with Gasteiger partial charge in [0.2, 0.25) is 10.0 Å². The maximum absolute atomic E-state index is 12.9. The predicted octanol–water partition coefficient (Wildman–Crippen LogP) is 2.80. The van der Waals surface area contributed by atoms with Crippen molar-refractivity contribution in [2.24, 2.45) is 5.10 Å². The van der Waals surface area contributed by atoms with Gasteiger partial charge in [-0.15, -0.1) is 0 Å². The fraction of sp³-hybridized carbons (Fsp3) is 0.409. The van der Waals surface area contributed by atoms with Gasteiger partial charge in [0.25, 0.3) is 0 Å². The van der Waals surface area contributed by atoms with Crippen molar-refractivity contribution < 1.29 is 17.9 Å². The van der Waals surface area contributed by atoms with Gasteiger partial charge < -0.3 is 14.4 Å². The van der Waals surface area contributed by atoms with Crippen LogP contribution in [0.1, 0.15) is 24.8 Å². The Morgan fingerprint density at radius 1 is 1.00 bits per heavy atom. The largest absolute Gasteiger partial charge is 0.497 e. The van der Waals surface area contributed by atoms with Crippen molar-refractivity contribution in [1.82, 2.24) is 9.73 Å². The molecule has 0 amide bonds.